The maximum absolute atomic E-state index is 11.3. The van der Waals surface area contributed by atoms with Gasteiger partial charge in [0.15, 0.2) is 0 Å². The van der Waals surface area contributed by atoms with Crippen molar-refractivity contribution in [2.24, 2.45) is 0 Å². The molecule has 2 rings (SSSR count). The number of fused-ring (bicyclic) bond motifs is 1. The van der Waals surface area contributed by atoms with Crippen LogP contribution in [0.15, 0.2) is 11.1 Å². The second kappa shape index (κ2) is 2.54. The van der Waals surface area contributed by atoms with Crippen LogP contribution < -0.4 is 10.5 Å². The summed E-state index contributed by atoms with van der Waals surface area (Å²) in [5.41, 5.74) is -0.0956. The number of nitrogens with zero attached hydrogens (tertiary/aromatic N) is 5. The second-order valence-corrected chi connectivity index (χ2v) is 2.77. The van der Waals surface area contributed by atoms with Crippen molar-refractivity contribution in [1.82, 2.24) is 24.8 Å². The van der Waals surface area contributed by atoms with Crippen LogP contribution in [0.4, 0.5) is 5.95 Å². The Morgan fingerprint density at radius 2 is 2.31 bits per heavy atom. The molecule has 1 N–H and O–H groups in total. The highest BCUT2D eigenvalue weighted by atomic mass is 16.1. The third kappa shape index (κ3) is 1.13. The van der Waals surface area contributed by atoms with Crippen LogP contribution in [0.3, 0.4) is 0 Å². The zero-order chi connectivity index (χ0) is 9.42. The van der Waals surface area contributed by atoms with Gasteiger partial charge in [-0.2, -0.15) is 4.52 Å². The van der Waals surface area contributed by atoms with Crippen LogP contribution in [0.1, 0.15) is 0 Å². The van der Waals surface area contributed by atoms with Gasteiger partial charge in [-0.3, -0.25) is 9.78 Å². The Morgan fingerprint density at radius 3 is 3.00 bits per heavy atom. The third-order valence-electron chi connectivity index (χ3n) is 1.58. The summed E-state index contributed by atoms with van der Waals surface area (Å²) in [5, 5.41) is 11.2. The van der Waals surface area contributed by atoms with Crippen LogP contribution in [0.25, 0.3) is 5.65 Å². The predicted molar refractivity (Wildman–Crippen MR) is 45.7 cm³/mol. The van der Waals surface area contributed by atoms with E-state index in [1.54, 1.807) is 19.0 Å². The minimum absolute atomic E-state index is 0.200. The Morgan fingerprint density at radius 1 is 1.54 bits per heavy atom. The van der Waals surface area contributed by atoms with Crippen molar-refractivity contribution in [3.05, 3.63) is 16.7 Å². The van der Waals surface area contributed by atoms with E-state index in [4.69, 9.17) is 0 Å². The minimum atomic E-state index is -0.295. The molecule has 0 unspecified atom stereocenters. The van der Waals surface area contributed by atoms with Gasteiger partial charge in [0.25, 0.3) is 5.56 Å². The van der Waals surface area contributed by atoms with Crippen LogP contribution in [-0.4, -0.2) is 38.9 Å². The molecule has 2 aromatic heterocycles. The van der Waals surface area contributed by atoms with Crippen molar-refractivity contribution in [2.45, 2.75) is 0 Å². The Balaban J connectivity index is 2.77. The average Bonchev–Trinajstić information content (AvgIpc) is 2.51. The van der Waals surface area contributed by atoms with E-state index in [-0.39, 0.29) is 11.2 Å². The summed E-state index contributed by atoms with van der Waals surface area (Å²) in [5.74, 6) is 0.470. The van der Waals surface area contributed by atoms with Gasteiger partial charge in [0.1, 0.15) is 6.33 Å². The molecule has 0 saturated heterocycles. The van der Waals surface area contributed by atoms with Crippen molar-refractivity contribution in [3.63, 3.8) is 0 Å². The third-order valence-corrected chi connectivity index (χ3v) is 1.58. The fourth-order valence-electron chi connectivity index (χ4n) is 0.938. The Hall–Kier alpha value is -1.92. The minimum Gasteiger partial charge on any atom is -0.347 e. The number of hydrogen-bond donors (Lipinski definition) is 1. The molecule has 0 bridgehead atoms. The van der Waals surface area contributed by atoms with Gasteiger partial charge in [-0.1, -0.05) is 0 Å². The molecule has 0 aliphatic carbocycles. The molecule has 0 saturated carbocycles. The molecule has 7 nitrogen and oxygen atoms in total. The lowest BCUT2D eigenvalue weighted by Gasteiger charge is -2.08. The molecule has 2 heterocycles. The lowest BCUT2D eigenvalue weighted by molar-refractivity contribution is 0.845. The van der Waals surface area contributed by atoms with Gasteiger partial charge in [0, 0.05) is 14.1 Å². The molecule has 0 aromatic carbocycles. The molecule has 7 heteroatoms. The standard InChI is InChI=1S/C6H8N6O/c1-11(2)6-8-5(13)4-9-7-3-12(4)10-6/h3H,1-2H3,(H,8,10,13). The van der Waals surface area contributed by atoms with Gasteiger partial charge >= 0.3 is 0 Å². The fourth-order valence-corrected chi connectivity index (χ4v) is 0.938. The molecule has 2 aromatic rings. The average molecular weight is 180 g/mol. The van der Waals surface area contributed by atoms with Crippen molar-refractivity contribution >= 4 is 11.6 Å². The smallest absolute Gasteiger partial charge is 0.297 e. The summed E-state index contributed by atoms with van der Waals surface area (Å²) in [6.07, 6.45) is 1.39. The van der Waals surface area contributed by atoms with E-state index in [0.717, 1.165) is 0 Å². The number of H-pyrrole nitrogens is 1. The van der Waals surface area contributed by atoms with Crippen molar-refractivity contribution in [2.75, 3.05) is 19.0 Å². The number of hydrogen-bond acceptors (Lipinski definition) is 5. The largest absolute Gasteiger partial charge is 0.347 e. The van der Waals surface area contributed by atoms with E-state index >= 15 is 0 Å². The van der Waals surface area contributed by atoms with Crippen LogP contribution in [0.5, 0.6) is 0 Å². The van der Waals surface area contributed by atoms with Gasteiger partial charge in [-0.05, 0) is 0 Å². The maximum atomic E-state index is 11.3. The van der Waals surface area contributed by atoms with Crippen LogP contribution in [-0.2, 0) is 0 Å². The van der Waals surface area contributed by atoms with E-state index in [1.165, 1.54) is 10.8 Å². The highest BCUT2D eigenvalue weighted by Crippen LogP contribution is 1.97. The zero-order valence-electron chi connectivity index (χ0n) is 7.22. The van der Waals surface area contributed by atoms with E-state index in [1.807, 2.05) is 0 Å². The topological polar surface area (TPSA) is 79.2 Å². The maximum Gasteiger partial charge on any atom is 0.297 e. The van der Waals surface area contributed by atoms with Gasteiger partial charge in [0.2, 0.25) is 11.6 Å². The number of anilines is 1. The summed E-state index contributed by atoms with van der Waals surface area (Å²) in [6, 6.07) is 0. The van der Waals surface area contributed by atoms with E-state index < -0.39 is 0 Å². The van der Waals surface area contributed by atoms with Crippen LogP contribution in [0.2, 0.25) is 0 Å². The molecule has 0 atom stereocenters. The SMILES string of the molecule is CN(C)c1nn2cnnc2c(=O)[nH]1. The first kappa shape index (κ1) is 7.71. The van der Waals surface area contributed by atoms with Gasteiger partial charge in [-0.15, -0.1) is 15.3 Å². The first-order chi connectivity index (χ1) is 6.18. The zero-order valence-corrected chi connectivity index (χ0v) is 7.22. The molecular weight excluding hydrogens is 172 g/mol. The van der Waals surface area contributed by atoms with Crippen molar-refractivity contribution < 1.29 is 0 Å². The highest BCUT2D eigenvalue weighted by Gasteiger charge is 2.05. The molecule has 0 radical (unpaired) electrons. The summed E-state index contributed by atoms with van der Waals surface area (Å²) < 4.78 is 1.34. The second-order valence-electron chi connectivity index (χ2n) is 2.77. The normalized spacial score (nSPS) is 10.6. The molecule has 0 amide bonds. The summed E-state index contributed by atoms with van der Waals surface area (Å²) in [4.78, 5) is 15.6. The number of aromatic amines is 1. The Labute approximate surface area is 73.0 Å². The van der Waals surface area contributed by atoms with E-state index in [9.17, 15) is 4.79 Å². The van der Waals surface area contributed by atoms with Crippen molar-refractivity contribution in [3.8, 4) is 0 Å². The first-order valence-corrected chi connectivity index (χ1v) is 3.66. The molecule has 0 aliphatic rings. The summed E-state index contributed by atoms with van der Waals surface area (Å²) in [6.45, 7) is 0. The number of rotatable bonds is 1. The lowest BCUT2D eigenvalue weighted by atomic mass is 10.7. The first-order valence-electron chi connectivity index (χ1n) is 3.66. The number of nitrogens with one attached hydrogen (secondary N) is 1. The van der Waals surface area contributed by atoms with E-state index in [2.05, 4.69) is 20.3 Å². The predicted octanol–water partition coefficient (Wildman–Crippen LogP) is -1.12. The Kier molecular flexibility index (Phi) is 1.51. The molecule has 0 fully saturated rings. The van der Waals surface area contributed by atoms with Crippen LogP contribution >= 0.6 is 0 Å². The Bertz CT molecular complexity index is 483. The lowest BCUT2D eigenvalue weighted by Crippen LogP contribution is -2.21. The van der Waals surface area contributed by atoms with Gasteiger partial charge in [0.05, 0.1) is 0 Å². The fraction of sp³-hybridized carbons (Fsp3) is 0.333. The van der Waals surface area contributed by atoms with Gasteiger partial charge in [-0.25, -0.2) is 0 Å². The van der Waals surface area contributed by atoms with E-state index in [0.29, 0.717) is 5.95 Å². The molecule has 13 heavy (non-hydrogen) atoms. The van der Waals surface area contributed by atoms with Crippen LogP contribution in [0, 0.1) is 0 Å². The molecule has 0 spiro atoms. The number of aromatic nitrogens is 5. The molecule has 68 valence electrons. The monoisotopic (exact) mass is 180 g/mol. The van der Waals surface area contributed by atoms with Crippen molar-refractivity contribution in [1.29, 1.82) is 0 Å². The molecule has 0 aliphatic heterocycles. The highest BCUT2D eigenvalue weighted by molar-refractivity contribution is 5.35. The summed E-state index contributed by atoms with van der Waals surface area (Å²) >= 11 is 0. The quantitative estimate of drug-likeness (QED) is 0.601. The molecular formula is C6H8N6O. The summed E-state index contributed by atoms with van der Waals surface area (Å²) in [7, 11) is 3.57. The van der Waals surface area contributed by atoms with Gasteiger partial charge < -0.3 is 4.90 Å².